The van der Waals surface area contributed by atoms with E-state index in [1.165, 1.54) is 0 Å². The van der Waals surface area contributed by atoms with E-state index >= 15 is 0 Å². The van der Waals surface area contributed by atoms with Crippen LogP contribution < -0.4 is 9.47 Å². The maximum absolute atomic E-state index is 6.47. The van der Waals surface area contributed by atoms with Crippen molar-refractivity contribution in [2.75, 3.05) is 7.11 Å². The van der Waals surface area contributed by atoms with Crippen molar-refractivity contribution in [3.05, 3.63) is 93.5 Å². The van der Waals surface area contributed by atoms with E-state index in [1.54, 1.807) is 13.2 Å². The maximum Gasteiger partial charge on any atom is 0.217 e. The van der Waals surface area contributed by atoms with Crippen molar-refractivity contribution in [3.63, 3.8) is 0 Å². The molecule has 0 N–H and O–H groups in total. The Labute approximate surface area is 179 Å². The molecule has 0 spiro atoms. The number of fused-ring (bicyclic) bond motifs is 3. The summed E-state index contributed by atoms with van der Waals surface area (Å²) in [4.78, 5) is 0. The SMILES string of the molecule is COc1ccccc1[C@@H]1Oc2ccccc2[C@@H]2CC(c3ccc(Cl)cc3Cl)=NN21. The van der Waals surface area contributed by atoms with Crippen molar-refractivity contribution in [3.8, 4) is 11.5 Å². The third-order valence-electron chi connectivity index (χ3n) is 5.35. The Morgan fingerprint density at radius 3 is 2.55 bits per heavy atom. The van der Waals surface area contributed by atoms with E-state index in [0.717, 1.165) is 40.3 Å². The molecular weight excluding hydrogens is 407 g/mol. The number of hydrazone groups is 1. The largest absolute Gasteiger partial charge is 0.496 e. The molecule has 0 unspecified atom stereocenters. The molecule has 2 atom stereocenters. The molecule has 0 radical (unpaired) electrons. The number of nitrogens with zero attached hydrogens (tertiary/aromatic N) is 2. The van der Waals surface area contributed by atoms with E-state index in [0.29, 0.717) is 10.0 Å². The molecule has 2 heterocycles. The van der Waals surface area contributed by atoms with Gasteiger partial charge >= 0.3 is 0 Å². The second-order valence-electron chi connectivity index (χ2n) is 7.02. The van der Waals surface area contributed by atoms with Crippen LogP contribution in [0.15, 0.2) is 71.8 Å². The number of rotatable bonds is 3. The third kappa shape index (κ3) is 3.13. The highest BCUT2D eigenvalue weighted by atomic mass is 35.5. The fourth-order valence-electron chi connectivity index (χ4n) is 4.00. The van der Waals surface area contributed by atoms with Crippen LogP contribution >= 0.6 is 23.2 Å². The number of ether oxygens (including phenoxy) is 2. The van der Waals surface area contributed by atoms with Gasteiger partial charge in [0.2, 0.25) is 6.23 Å². The van der Waals surface area contributed by atoms with Crippen LogP contribution in [-0.4, -0.2) is 17.8 Å². The third-order valence-corrected chi connectivity index (χ3v) is 5.89. The minimum Gasteiger partial charge on any atom is -0.496 e. The lowest BCUT2D eigenvalue weighted by Gasteiger charge is -2.38. The number of para-hydroxylation sites is 2. The summed E-state index contributed by atoms with van der Waals surface area (Å²) >= 11 is 12.6. The molecule has 3 aromatic rings. The van der Waals surface area contributed by atoms with E-state index in [1.807, 2.05) is 59.6 Å². The molecule has 6 heteroatoms. The molecule has 146 valence electrons. The molecule has 0 amide bonds. The monoisotopic (exact) mass is 424 g/mol. The summed E-state index contributed by atoms with van der Waals surface area (Å²) in [6.45, 7) is 0. The predicted octanol–water partition coefficient (Wildman–Crippen LogP) is 6.24. The Morgan fingerprint density at radius 1 is 1.00 bits per heavy atom. The maximum atomic E-state index is 6.47. The smallest absolute Gasteiger partial charge is 0.217 e. The van der Waals surface area contributed by atoms with Gasteiger partial charge in [0.05, 0.1) is 29.4 Å². The zero-order valence-corrected chi connectivity index (χ0v) is 17.2. The lowest BCUT2D eigenvalue weighted by molar-refractivity contribution is -0.0203. The average Bonchev–Trinajstić information content (AvgIpc) is 3.18. The molecule has 4 nitrogen and oxygen atoms in total. The molecule has 0 saturated heterocycles. The highest BCUT2D eigenvalue weighted by Gasteiger charge is 2.42. The number of methoxy groups -OCH3 is 1. The fourth-order valence-corrected chi connectivity index (χ4v) is 4.51. The van der Waals surface area contributed by atoms with Gasteiger partial charge in [-0.3, -0.25) is 0 Å². The summed E-state index contributed by atoms with van der Waals surface area (Å²) in [6, 6.07) is 21.5. The van der Waals surface area contributed by atoms with Gasteiger partial charge in [0, 0.05) is 22.6 Å². The van der Waals surface area contributed by atoms with E-state index < -0.39 is 6.23 Å². The molecular formula is C23H18Cl2N2O2. The van der Waals surface area contributed by atoms with Gasteiger partial charge in [0.15, 0.2) is 0 Å². The average molecular weight is 425 g/mol. The van der Waals surface area contributed by atoms with Crippen LogP contribution in [-0.2, 0) is 0 Å². The van der Waals surface area contributed by atoms with Crippen molar-refractivity contribution >= 4 is 28.9 Å². The summed E-state index contributed by atoms with van der Waals surface area (Å²) in [6.07, 6.45) is 0.336. The Balaban J connectivity index is 1.63. The number of halogens is 2. The lowest BCUT2D eigenvalue weighted by Crippen LogP contribution is -2.33. The van der Waals surface area contributed by atoms with Crippen molar-refractivity contribution in [2.24, 2.45) is 5.10 Å². The topological polar surface area (TPSA) is 34.1 Å². The van der Waals surface area contributed by atoms with Crippen LogP contribution in [0.2, 0.25) is 10.0 Å². The van der Waals surface area contributed by atoms with Crippen LogP contribution in [0.1, 0.15) is 35.4 Å². The fraction of sp³-hybridized carbons (Fsp3) is 0.174. The first kappa shape index (κ1) is 18.3. The van der Waals surface area contributed by atoms with Gasteiger partial charge in [-0.1, -0.05) is 59.6 Å². The lowest BCUT2D eigenvalue weighted by atomic mass is 9.96. The zero-order chi connectivity index (χ0) is 20.0. The zero-order valence-electron chi connectivity index (χ0n) is 15.7. The van der Waals surface area contributed by atoms with E-state index in [-0.39, 0.29) is 6.04 Å². The Hall–Kier alpha value is -2.69. The van der Waals surface area contributed by atoms with Gasteiger partial charge in [-0.25, -0.2) is 5.01 Å². The highest BCUT2D eigenvalue weighted by Crippen LogP contribution is 2.49. The van der Waals surface area contributed by atoms with E-state index in [9.17, 15) is 0 Å². The molecule has 0 bridgehead atoms. The molecule has 5 rings (SSSR count). The number of benzene rings is 3. The van der Waals surface area contributed by atoms with Crippen molar-refractivity contribution < 1.29 is 9.47 Å². The first-order chi connectivity index (χ1) is 14.2. The van der Waals surface area contributed by atoms with Gasteiger partial charge < -0.3 is 9.47 Å². The van der Waals surface area contributed by atoms with Crippen LogP contribution in [0.5, 0.6) is 11.5 Å². The molecule has 0 saturated carbocycles. The van der Waals surface area contributed by atoms with Crippen LogP contribution in [0.4, 0.5) is 0 Å². The molecule has 3 aromatic carbocycles. The van der Waals surface area contributed by atoms with E-state index in [2.05, 4.69) is 6.07 Å². The van der Waals surface area contributed by atoms with Gasteiger partial charge in [0.1, 0.15) is 11.5 Å². The van der Waals surface area contributed by atoms with Crippen LogP contribution in [0, 0.1) is 0 Å². The molecule has 0 fully saturated rings. The van der Waals surface area contributed by atoms with Crippen molar-refractivity contribution in [1.82, 2.24) is 5.01 Å². The molecule has 0 aromatic heterocycles. The standard InChI is InChI=1S/C23H18Cl2N2O2/c1-28-21-8-4-3-7-17(21)23-27-20(16-6-2-5-9-22(16)29-23)13-19(26-27)15-11-10-14(24)12-18(15)25/h2-12,20,23H,13H2,1H3/t20-,23-/m0/s1. The summed E-state index contributed by atoms with van der Waals surface area (Å²) in [5.74, 6) is 1.63. The minimum atomic E-state index is -0.394. The molecule has 29 heavy (non-hydrogen) atoms. The predicted molar refractivity (Wildman–Crippen MR) is 115 cm³/mol. The minimum absolute atomic E-state index is 0.0524. The van der Waals surface area contributed by atoms with Gasteiger partial charge in [-0.2, -0.15) is 5.10 Å². The summed E-state index contributed by atoms with van der Waals surface area (Å²) in [7, 11) is 1.67. The van der Waals surface area contributed by atoms with Gasteiger partial charge in [-0.15, -0.1) is 0 Å². The Kier molecular flexibility index (Phi) is 4.61. The summed E-state index contributed by atoms with van der Waals surface area (Å²) < 4.78 is 12.0. The molecule has 2 aliphatic rings. The van der Waals surface area contributed by atoms with Crippen LogP contribution in [0.25, 0.3) is 0 Å². The van der Waals surface area contributed by atoms with Crippen molar-refractivity contribution in [2.45, 2.75) is 18.7 Å². The van der Waals surface area contributed by atoms with Crippen LogP contribution in [0.3, 0.4) is 0 Å². The van der Waals surface area contributed by atoms with Gasteiger partial charge in [-0.05, 0) is 30.3 Å². The summed E-state index contributed by atoms with van der Waals surface area (Å²) in [5.41, 5.74) is 3.85. The number of hydrogen-bond donors (Lipinski definition) is 0. The molecule has 2 aliphatic heterocycles. The van der Waals surface area contributed by atoms with E-state index in [4.69, 9.17) is 37.8 Å². The summed E-state index contributed by atoms with van der Waals surface area (Å²) in [5, 5.41) is 8.16. The second-order valence-corrected chi connectivity index (χ2v) is 7.86. The van der Waals surface area contributed by atoms with Gasteiger partial charge in [0.25, 0.3) is 0 Å². The molecule has 0 aliphatic carbocycles. The number of hydrogen-bond acceptors (Lipinski definition) is 4. The Bertz CT molecular complexity index is 1120. The highest BCUT2D eigenvalue weighted by molar-refractivity contribution is 6.37. The second kappa shape index (κ2) is 7.29. The first-order valence-electron chi connectivity index (χ1n) is 9.35. The van der Waals surface area contributed by atoms with Crippen molar-refractivity contribution in [1.29, 1.82) is 0 Å². The quantitative estimate of drug-likeness (QED) is 0.498. The normalized spacial score (nSPS) is 19.8. The first-order valence-corrected chi connectivity index (χ1v) is 10.1. The Morgan fingerprint density at radius 2 is 1.76 bits per heavy atom.